The number of aliphatic hydroxyl groups is 1. The van der Waals surface area contributed by atoms with Crippen LogP contribution in [-0.2, 0) is 4.74 Å². The van der Waals surface area contributed by atoms with Crippen LogP contribution in [0.3, 0.4) is 0 Å². The Morgan fingerprint density at radius 1 is 1.80 bits per heavy atom. The van der Waals surface area contributed by atoms with Crippen molar-refractivity contribution in [1.29, 1.82) is 0 Å². The van der Waals surface area contributed by atoms with Crippen molar-refractivity contribution < 1.29 is 9.84 Å². The fourth-order valence-electron chi connectivity index (χ4n) is 0.348. The first kappa shape index (κ1) is 9.77. The summed E-state index contributed by atoms with van der Waals surface area (Å²) in [5.74, 6) is 2.55. The monoisotopic (exact) mass is 162 g/mol. The van der Waals surface area contributed by atoms with Crippen LogP contribution in [0.1, 0.15) is 6.92 Å². The van der Waals surface area contributed by atoms with Gasteiger partial charge in [-0.15, -0.1) is 18.0 Å². The van der Waals surface area contributed by atoms with E-state index < -0.39 is 6.10 Å². The lowest BCUT2D eigenvalue weighted by atomic mass is 10.4. The molecule has 10 heavy (non-hydrogen) atoms. The molecule has 2 atom stereocenters. The van der Waals surface area contributed by atoms with Crippen LogP contribution < -0.4 is 0 Å². The molecule has 0 aromatic carbocycles. The molecule has 0 spiro atoms. The van der Waals surface area contributed by atoms with Crippen LogP contribution in [-0.4, -0.2) is 29.8 Å². The van der Waals surface area contributed by atoms with Gasteiger partial charge in [0, 0.05) is 0 Å². The first-order chi connectivity index (χ1) is 4.70. The van der Waals surface area contributed by atoms with Gasteiger partial charge in [-0.2, -0.15) is 0 Å². The van der Waals surface area contributed by atoms with Crippen molar-refractivity contribution in [2.45, 2.75) is 19.1 Å². The number of alkyl halides is 1. The Bertz CT molecular complexity index is 119. The molecular weight excluding hydrogens is 152 g/mol. The van der Waals surface area contributed by atoms with Crippen LogP contribution in [0.25, 0.3) is 0 Å². The Kier molecular flexibility index (Phi) is 5.42. The second-order valence-corrected chi connectivity index (χ2v) is 2.26. The summed E-state index contributed by atoms with van der Waals surface area (Å²) in [6, 6.07) is 0. The highest BCUT2D eigenvalue weighted by Crippen LogP contribution is 1.93. The number of hydrogen-bond donors (Lipinski definition) is 1. The average Bonchev–Trinajstić information content (AvgIpc) is 1.99. The summed E-state index contributed by atoms with van der Waals surface area (Å²) in [4.78, 5) is 0. The Hall–Kier alpha value is -0.230. The molecule has 0 saturated heterocycles. The summed E-state index contributed by atoms with van der Waals surface area (Å²) < 4.78 is 4.97. The largest absolute Gasteiger partial charge is 0.389 e. The molecule has 0 amide bonds. The molecule has 0 fully saturated rings. The molecule has 3 heteroatoms. The Morgan fingerprint density at radius 2 is 2.40 bits per heavy atom. The molecular formula is C7H11ClO2. The fraction of sp³-hybridized carbons (Fsp3) is 0.714. The Morgan fingerprint density at radius 3 is 2.80 bits per heavy atom. The smallest absolute Gasteiger partial charge is 0.115 e. The van der Waals surface area contributed by atoms with Gasteiger partial charge in [-0.3, -0.25) is 0 Å². The van der Waals surface area contributed by atoms with Gasteiger partial charge in [-0.25, -0.2) is 0 Å². The van der Waals surface area contributed by atoms with Crippen LogP contribution in [0.4, 0.5) is 0 Å². The maximum Gasteiger partial charge on any atom is 0.115 e. The van der Waals surface area contributed by atoms with E-state index in [0.717, 1.165) is 0 Å². The van der Waals surface area contributed by atoms with E-state index in [0.29, 0.717) is 0 Å². The summed E-state index contributed by atoms with van der Waals surface area (Å²) in [6.45, 7) is 1.94. The minimum atomic E-state index is -0.613. The molecule has 0 saturated carbocycles. The lowest BCUT2D eigenvalue weighted by molar-refractivity contribution is 0.0297. The molecule has 0 aliphatic rings. The zero-order valence-corrected chi connectivity index (χ0v) is 6.64. The first-order valence-corrected chi connectivity index (χ1v) is 3.56. The van der Waals surface area contributed by atoms with Gasteiger partial charge in [0.1, 0.15) is 6.10 Å². The topological polar surface area (TPSA) is 29.5 Å². The molecule has 0 rings (SSSR count). The van der Waals surface area contributed by atoms with Crippen molar-refractivity contribution in [1.82, 2.24) is 0 Å². The van der Waals surface area contributed by atoms with Gasteiger partial charge >= 0.3 is 0 Å². The van der Waals surface area contributed by atoms with Crippen molar-refractivity contribution in [3.05, 3.63) is 0 Å². The molecule has 58 valence electrons. The quantitative estimate of drug-likeness (QED) is 0.485. The molecule has 1 N–H and O–H groups in total. The van der Waals surface area contributed by atoms with Gasteiger partial charge in [0.25, 0.3) is 0 Å². The Labute approximate surface area is 66.1 Å². The zero-order chi connectivity index (χ0) is 7.98. The van der Waals surface area contributed by atoms with Crippen molar-refractivity contribution in [3.8, 4) is 12.3 Å². The van der Waals surface area contributed by atoms with Crippen molar-refractivity contribution >= 4 is 11.6 Å². The molecule has 0 unspecified atom stereocenters. The maximum absolute atomic E-state index is 8.88. The zero-order valence-electron chi connectivity index (χ0n) is 5.88. The lowest BCUT2D eigenvalue weighted by Gasteiger charge is -2.09. The van der Waals surface area contributed by atoms with Crippen LogP contribution in [0.5, 0.6) is 0 Å². The van der Waals surface area contributed by atoms with Crippen molar-refractivity contribution in [3.63, 3.8) is 0 Å². The highest BCUT2D eigenvalue weighted by Gasteiger charge is 2.03. The SMILES string of the molecule is C#C[C@@H](C)OC[C@H](O)CCl. The lowest BCUT2D eigenvalue weighted by Crippen LogP contribution is -2.20. The first-order valence-electron chi connectivity index (χ1n) is 3.02. The van der Waals surface area contributed by atoms with Gasteiger partial charge in [-0.05, 0) is 6.92 Å². The predicted octanol–water partition coefficient (Wildman–Crippen LogP) is 0.624. The summed E-state index contributed by atoms with van der Waals surface area (Å²) in [7, 11) is 0. The highest BCUT2D eigenvalue weighted by molar-refractivity contribution is 6.18. The van der Waals surface area contributed by atoms with Gasteiger partial charge in [0.15, 0.2) is 0 Å². The number of rotatable bonds is 4. The molecule has 0 heterocycles. The highest BCUT2D eigenvalue weighted by atomic mass is 35.5. The van der Waals surface area contributed by atoms with Gasteiger partial charge in [0.2, 0.25) is 0 Å². The van der Waals surface area contributed by atoms with E-state index in [1.165, 1.54) is 0 Å². The van der Waals surface area contributed by atoms with E-state index in [9.17, 15) is 0 Å². The minimum absolute atomic E-state index is 0.178. The third-order valence-electron chi connectivity index (χ3n) is 0.951. The third-order valence-corrected chi connectivity index (χ3v) is 1.31. The molecule has 0 bridgehead atoms. The number of hydrogen-bond acceptors (Lipinski definition) is 2. The molecule has 0 aromatic rings. The van der Waals surface area contributed by atoms with Crippen LogP contribution in [0, 0.1) is 12.3 Å². The summed E-state index contributed by atoms with van der Waals surface area (Å²) in [5, 5.41) is 8.88. The molecule has 0 aliphatic heterocycles. The van der Waals surface area contributed by atoms with Crippen LogP contribution in [0.2, 0.25) is 0 Å². The number of aliphatic hydroxyl groups excluding tert-OH is 1. The van der Waals surface area contributed by atoms with Crippen LogP contribution in [0.15, 0.2) is 0 Å². The van der Waals surface area contributed by atoms with Gasteiger partial charge in [0.05, 0.1) is 18.6 Å². The van der Waals surface area contributed by atoms with Crippen LogP contribution >= 0.6 is 11.6 Å². The molecule has 2 nitrogen and oxygen atoms in total. The number of halogens is 1. The van der Waals surface area contributed by atoms with E-state index in [-0.39, 0.29) is 18.6 Å². The molecule has 0 aromatic heterocycles. The summed E-state index contributed by atoms with van der Waals surface area (Å²) in [6.07, 6.45) is 4.14. The summed E-state index contributed by atoms with van der Waals surface area (Å²) in [5.41, 5.74) is 0. The average molecular weight is 163 g/mol. The predicted molar refractivity (Wildman–Crippen MR) is 41.0 cm³/mol. The summed E-state index contributed by atoms with van der Waals surface area (Å²) >= 11 is 5.30. The standard InChI is InChI=1S/C7H11ClO2/c1-3-6(2)10-5-7(9)4-8/h1,6-7,9H,4-5H2,2H3/t6-,7-/m1/s1. The van der Waals surface area contributed by atoms with Gasteiger partial charge < -0.3 is 9.84 Å². The second-order valence-electron chi connectivity index (χ2n) is 1.95. The molecule has 0 radical (unpaired) electrons. The van der Waals surface area contributed by atoms with E-state index in [2.05, 4.69) is 5.92 Å². The van der Waals surface area contributed by atoms with Gasteiger partial charge in [-0.1, -0.05) is 5.92 Å². The fourth-order valence-corrected chi connectivity index (χ4v) is 0.437. The second kappa shape index (κ2) is 5.55. The van der Waals surface area contributed by atoms with E-state index in [1.54, 1.807) is 6.92 Å². The minimum Gasteiger partial charge on any atom is -0.389 e. The van der Waals surface area contributed by atoms with E-state index in [4.69, 9.17) is 27.9 Å². The Balaban J connectivity index is 3.28. The normalized spacial score (nSPS) is 15.8. The third kappa shape index (κ3) is 4.63. The van der Waals surface area contributed by atoms with E-state index in [1.807, 2.05) is 0 Å². The van der Waals surface area contributed by atoms with Crippen molar-refractivity contribution in [2.24, 2.45) is 0 Å². The van der Waals surface area contributed by atoms with E-state index >= 15 is 0 Å². The molecule has 0 aliphatic carbocycles. The number of terminal acetylenes is 1. The van der Waals surface area contributed by atoms with Crippen molar-refractivity contribution in [2.75, 3.05) is 12.5 Å². The number of ether oxygens (including phenoxy) is 1. The maximum atomic E-state index is 8.88.